The van der Waals surface area contributed by atoms with Crippen LogP contribution in [0.1, 0.15) is 59.6 Å². The molecular weight excluding hydrogens is 507 g/mol. The molecule has 4 atom stereocenters. The zero-order valence-electron chi connectivity index (χ0n) is 19.0. The van der Waals surface area contributed by atoms with E-state index in [0.717, 1.165) is 30.1 Å². The fourth-order valence-corrected chi connectivity index (χ4v) is 7.79. The van der Waals surface area contributed by atoms with Gasteiger partial charge >= 0.3 is 0 Å². The summed E-state index contributed by atoms with van der Waals surface area (Å²) in [6, 6.07) is 11.8. The van der Waals surface area contributed by atoms with Crippen molar-refractivity contribution < 1.29 is 0 Å². The van der Waals surface area contributed by atoms with Gasteiger partial charge in [-0.15, -0.1) is 0 Å². The van der Waals surface area contributed by atoms with E-state index < -0.39 is 0 Å². The zero-order chi connectivity index (χ0) is 21.7. The highest BCUT2D eigenvalue weighted by Gasteiger charge is 2.48. The van der Waals surface area contributed by atoms with E-state index in [1.165, 1.54) is 68.4 Å². The lowest BCUT2D eigenvalue weighted by atomic mass is 9.69. The van der Waals surface area contributed by atoms with Crippen molar-refractivity contribution in [3.8, 4) is 0 Å². The predicted molar refractivity (Wildman–Crippen MR) is 144 cm³/mol. The van der Waals surface area contributed by atoms with Gasteiger partial charge in [0, 0.05) is 8.48 Å². The van der Waals surface area contributed by atoms with Crippen LogP contribution in [0, 0.1) is 41.1 Å². The number of benzene rings is 2. The monoisotopic (exact) mass is 540 g/mol. The lowest BCUT2D eigenvalue weighted by Crippen LogP contribution is -2.30. The molecule has 2 bridgehead atoms. The number of hydrogen-bond donors (Lipinski definition) is 0. The smallest absolute Gasteiger partial charge is 0.0162 e. The van der Waals surface area contributed by atoms with E-state index in [-0.39, 0.29) is 0 Å². The van der Waals surface area contributed by atoms with E-state index in [4.69, 9.17) is 0 Å². The Kier molecular flexibility index (Phi) is 6.15. The molecule has 0 heterocycles. The molecule has 0 saturated heterocycles. The SMILES string of the molecule is C=C(S/C=C(\C)Cc1cc(C)c(I)cc1C)c1ccc2c(c1)CC1C3CCC(C3)C1C2. The first-order chi connectivity index (χ1) is 14.9. The summed E-state index contributed by atoms with van der Waals surface area (Å²) in [5.41, 5.74) is 10.1. The van der Waals surface area contributed by atoms with Crippen molar-refractivity contribution in [2.75, 3.05) is 0 Å². The van der Waals surface area contributed by atoms with E-state index in [1.807, 2.05) is 0 Å². The fourth-order valence-electron chi connectivity index (χ4n) is 6.48. The molecule has 0 spiro atoms. The Hall–Kier alpha value is -1.00. The summed E-state index contributed by atoms with van der Waals surface area (Å²) < 4.78 is 1.35. The van der Waals surface area contributed by atoms with Crippen molar-refractivity contribution >= 4 is 39.3 Å². The third-order valence-corrected chi connectivity index (χ3v) is 10.4. The standard InChI is InChI=1S/C29H33IS/c1-17(9-25-10-19(3)29(30)11-18(25)2)16-31-20(4)21-5-6-22-14-27-23-7-8-24(13-23)28(27)15-26(22)12-21/h5-6,10-12,16,23-24,27-28H,4,7-9,13-15H2,1-3H3/b17-16+. The summed E-state index contributed by atoms with van der Waals surface area (Å²) in [5, 5.41) is 2.31. The molecule has 0 aliphatic heterocycles. The molecule has 0 nitrogen and oxygen atoms in total. The van der Waals surface area contributed by atoms with E-state index >= 15 is 0 Å². The molecule has 162 valence electrons. The molecule has 31 heavy (non-hydrogen) atoms. The van der Waals surface area contributed by atoms with Crippen LogP contribution in [0.3, 0.4) is 0 Å². The third-order valence-electron chi connectivity index (χ3n) is 8.20. The molecule has 3 aliphatic carbocycles. The van der Waals surface area contributed by atoms with E-state index in [2.05, 4.69) is 85.7 Å². The zero-order valence-corrected chi connectivity index (χ0v) is 22.0. The second-order valence-electron chi connectivity index (χ2n) is 10.3. The van der Waals surface area contributed by atoms with Crippen LogP contribution in [0.2, 0.25) is 0 Å². The van der Waals surface area contributed by atoms with Crippen molar-refractivity contribution in [2.24, 2.45) is 23.7 Å². The largest absolute Gasteiger partial charge is 0.0981 e. The van der Waals surface area contributed by atoms with Crippen molar-refractivity contribution in [1.82, 2.24) is 0 Å². The molecule has 3 aliphatic rings. The number of allylic oxidation sites excluding steroid dienone is 1. The number of aryl methyl sites for hydroxylation is 2. The van der Waals surface area contributed by atoms with Crippen LogP contribution in [0.5, 0.6) is 0 Å². The van der Waals surface area contributed by atoms with Gasteiger partial charge < -0.3 is 0 Å². The number of thioether (sulfide) groups is 1. The minimum atomic E-state index is 0.963. The Morgan fingerprint density at radius 2 is 1.74 bits per heavy atom. The maximum absolute atomic E-state index is 4.42. The van der Waals surface area contributed by atoms with Gasteiger partial charge in [0.2, 0.25) is 0 Å². The average Bonchev–Trinajstić information content (AvgIpc) is 3.36. The number of halogens is 1. The Morgan fingerprint density at radius 3 is 2.48 bits per heavy atom. The predicted octanol–water partition coefficient (Wildman–Crippen LogP) is 8.52. The molecule has 2 aromatic rings. The maximum atomic E-state index is 4.42. The van der Waals surface area contributed by atoms with Crippen molar-refractivity contribution in [3.63, 3.8) is 0 Å². The highest BCUT2D eigenvalue weighted by atomic mass is 127. The second-order valence-corrected chi connectivity index (χ2v) is 12.4. The topological polar surface area (TPSA) is 0 Å². The molecular formula is C29H33IS. The molecule has 2 fully saturated rings. The van der Waals surface area contributed by atoms with Gasteiger partial charge in [-0.1, -0.05) is 48.2 Å². The first-order valence-corrected chi connectivity index (χ1v) is 13.7. The van der Waals surface area contributed by atoms with Gasteiger partial charge in [-0.25, -0.2) is 0 Å². The third kappa shape index (κ3) is 4.31. The number of hydrogen-bond acceptors (Lipinski definition) is 1. The van der Waals surface area contributed by atoms with Crippen LogP contribution >= 0.6 is 34.4 Å². The molecule has 5 rings (SSSR count). The Balaban J connectivity index is 1.26. The quantitative estimate of drug-likeness (QED) is 0.343. The van der Waals surface area contributed by atoms with Gasteiger partial charge in [-0.2, -0.15) is 0 Å². The van der Waals surface area contributed by atoms with Gasteiger partial charge in [0.15, 0.2) is 0 Å². The summed E-state index contributed by atoms with van der Waals surface area (Å²) >= 11 is 4.22. The van der Waals surface area contributed by atoms with Crippen LogP contribution in [-0.4, -0.2) is 0 Å². The summed E-state index contributed by atoms with van der Waals surface area (Å²) in [6.45, 7) is 11.1. The molecule has 0 radical (unpaired) electrons. The average molecular weight is 541 g/mol. The number of fused-ring (bicyclic) bond motifs is 6. The van der Waals surface area contributed by atoms with E-state index in [1.54, 1.807) is 22.9 Å². The summed E-state index contributed by atoms with van der Waals surface area (Å²) in [6.07, 6.45) is 8.16. The van der Waals surface area contributed by atoms with Crippen LogP contribution in [0.25, 0.3) is 4.91 Å². The highest BCUT2D eigenvalue weighted by molar-refractivity contribution is 14.1. The van der Waals surface area contributed by atoms with Crippen LogP contribution in [0.15, 0.2) is 47.9 Å². The van der Waals surface area contributed by atoms with E-state index in [9.17, 15) is 0 Å². The van der Waals surface area contributed by atoms with E-state index in [0.29, 0.717) is 0 Å². The molecule has 2 aromatic carbocycles. The van der Waals surface area contributed by atoms with Crippen LogP contribution < -0.4 is 0 Å². The van der Waals surface area contributed by atoms with Gasteiger partial charge in [0.1, 0.15) is 0 Å². The van der Waals surface area contributed by atoms with Crippen molar-refractivity contribution in [1.29, 1.82) is 0 Å². The van der Waals surface area contributed by atoms with Gasteiger partial charge in [-0.05, 0) is 150 Å². The highest BCUT2D eigenvalue weighted by Crippen LogP contribution is 2.56. The van der Waals surface area contributed by atoms with Gasteiger partial charge in [0.25, 0.3) is 0 Å². The van der Waals surface area contributed by atoms with Crippen LogP contribution in [-0.2, 0) is 19.3 Å². The van der Waals surface area contributed by atoms with Crippen molar-refractivity contribution in [3.05, 3.63) is 84.8 Å². The summed E-state index contributed by atoms with van der Waals surface area (Å²) in [4.78, 5) is 1.17. The Morgan fingerprint density at radius 1 is 1.03 bits per heavy atom. The minimum absolute atomic E-state index is 0.963. The maximum Gasteiger partial charge on any atom is 0.0162 e. The molecule has 0 aromatic heterocycles. The van der Waals surface area contributed by atoms with Gasteiger partial charge in [-0.3, -0.25) is 0 Å². The van der Waals surface area contributed by atoms with Crippen LogP contribution in [0.4, 0.5) is 0 Å². The summed E-state index contributed by atoms with van der Waals surface area (Å²) in [7, 11) is 0. The Labute approximate surface area is 206 Å². The van der Waals surface area contributed by atoms with Gasteiger partial charge in [0.05, 0.1) is 0 Å². The second kappa shape index (κ2) is 8.74. The van der Waals surface area contributed by atoms with Crippen molar-refractivity contribution in [2.45, 2.75) is 59.3 Å². The molecule has 2 saturated carbocycles. The molecule has 4 unspecified atom stereocenters. The Bertz CT molecular complexity index is 1060. The minimum Gasteiger partial charge on any atom is -0.0981 e. The number of rotatable bonds is 5. The normalized spacial score (nSPS) is 26.6. The molecule has 2 heteroatoms. The lowest BCUT2D eigenvalue weighted by molar-refractivity contribution is 0.205. The molecule has 0 N–H and O–H groups in total. The first-order valence-electron chi connectivity index (χ1n) is 11.8. The first kappa shape index (κ1) is 21.8. The molecule has 0 amide bonds. The lowest BCUT2D eigenvalue weighted by Gasteiger charge is -2.36. The summed E-state index contributed by atoms with van der Waals surface area (Å²) in [5.74, 6) is 3.99. The fraction of sp³-hybridized carbons (Fsp3) is 0.448.